The number of likely N-dealkylation sites (N-methyl/N-ethyl adjacent to an activating group) is 1. The molecule has 5 nitrogen and oxygen atoms in total. The molecule has 0 saturated carbocycles. The third-order valence-electron chi connectivity index (χ3n) is 3.17. The van der Waals surface area contributed by atoms with E-state index in [-0.39, 0.29) is 6.61 Å². The summed E-state index contributed by atoms with van der Waals surface area (Å²) in [5, 5.41) is 11.7. The Hall–Kier alpha value is -2.53. The maximum atomic E-state index is 11.0. The maximum Gasteiger partial charge on any atom is 0.324 e. The van der Waals surface area contributed by atoms with Gasteiger partial charge in [0, 0.05) is 5.56 Å². The molecular weight excluding hydrogens is 268 g/mol. The number of carboxylic acid groups (broad SMARTS) is 1. The van der Waals surface area contributed by atoms with Crippen LogP contribution in [0.3, 0.4) is 0 Å². The highest BCUT2D eigenvalue weighted by Gasteiger charge is 2.17. The van der Waals surface area contributed by atoms with Crippen LogP contribution in [0.5, 0.6) is 5.75 Å². The highest BCUT2D eigenvalue weighted by Crippen LogP contribution is 2.34. The van der Waals surface area contributed by atoms with E-state index in [4.69, 9.17) is 15.6 Å². The van der Waals surface area contributed by atoms with E-state index in [1.54, 1.807) is 13.1 Å². The van der Waals surface area contributed by atoms with Crippen LogP contribution in [-0.2, 0) is 4.79 Å². The molecule has 0 aromatic heterocycles. The number of hydrogen-bond donors (Lipinski definition) is 3. The molecule has 4 N–H and O–H groups in total. The Morgan fingerprint density at radius 3 is 2.57 bits per heavy atom. The van der Waals surface area contributed by atoms with Gasteiger partial charge in [-0.15, -0.1) is 0 Å². The fourth-order valence-electron chi connectivity index (χ4n) is 2.01. The number of benzene rings is 2. The number of ether oxygens (including phenoxy) is 1. The number of nitrogens with one attached hydrogen (secondary N) is 1. The van der Waals surface area contributed by atoms with Gasteiger partial charge in [-0.1, -0.05) is 42.5 Å². The largest absolute Gasteiger partial charge is 0.489 e. The van der Waals surface area contributed by atoms with Crippen molar-refractivity contribution in [1.29, 1.82) is 0 Å². The highest BCUT2D eigenvalue weighted by molar-refractivity contribution is 5.77. The summed E-state index contributed by atoms with van der Waals surface area (Å²) in [5.41, 5.74) is 8.26. The van der Waals surface area contributed by atoms with Crippen LogP contribution in [0.2, 0.25) is 0 Å². The van der Waals surface area contributed by atoms with Gasteiger partial charge in [-0.25, -0.2) is 0 Å². The Bertz CT molecular complexity index is 614. The Morgan fingerprint density at radius 1 is 1.24 bits per heavy atom. The van der Waals surface area contributed by atoms with Gasteiger partial charge in [0.1, 0.15) is 18.4 Å². The second-order valence-corrected chi connectivity index (χ2v) is 4.58. The number of para-hydroxylation sites is 1. The number of hydrogen-bond acceptors (Lipinski definition) is 4. The third-order valence-corrected chi connectivity index (χ3v) is 3.17. The van der Waals surface area contributed by atoms with Crippen molar-refractivity contribution in [3.8, 4) is 16.9 Å². The van der Waals surface area contributed by atoms with Gasteiger partial charge in [0.05, 0.1) is 5.69 Å². The minimum absolute atomic E-state index is 0.000119. The maximum absolute atomic E-state index is 11.0. The predicted octanol–water partition coefficient (Wildman–Crippen LogP) is 1.99. The summed E-state index contributed by atoms with van der Waals surface area (Å²) in [6.07, 6.45) is 0. The molecule has 0 bridgehead atoms. The van der Waals surface area contributed by atoms with Gasteiger partial charge in [0.25, 0.3) is 0 Å². The summed E-state index contributed by atoms with van der Waals surface area (Å²) in [6.45, 7) is -0.000119. The van der Waals surface area contributed by atoms with Crippen molar-refractivity contribution in [3.05, 3.63) is 48.5 Å². The Labute approximate surface area is 123 Å². The van der Waals surface area contributed by atoms with Gasteiger partial charge in [0.15, 0.2) is 0 Å². The first-order valence-corrected chi connectivity index (χ1v) is 6.60. The van der Waals surface area contributed by atoms with E-state index < -0.39 is 12.0 Å². The highest BCUT2D eigenvalue weighted by atomic mass is 16.5. The fraction of sp³-hybridized carbons (Fsp3) is 0.188. The second-order valence-electron chi connectivity index (χ2n) is 4.58. The van der Waals surface area contributed by atoms with Crippen molar-refractivity contribution < 1.29 is 14.6 Å². The van der Waals surface area contributed by atoms with Crippen molar-refractivity contribution in [2.24, 2.45) is 0 Å². The molecule has 2 rings (SSSR count). The summed E-state index contributed by atoms with van der Waals surface area (Å²) in [6, 6.07) is 14.4. The van der Waals surface area contributed by atoms with Gasteiger partial charge in [-0.3, -0.25) is 4.79 Å². The smallest absolute Gasteiger partial charge is 0.324 e. The zero-order valence-corrected chi connectivity index (χ0v) is 11.7. The molecule has 0 spiro atoms. The quantitative estimate of drug-likeness (QED) is 0.707. The van der Waals surface area contributed by atoms with Crippen molar-refractivity contribution in [2.45, 2.75) is 6.04 Å². The molecule has 110 valence electrons. The minimum Gasteiger partial charge on any atom is -0.489 e. The van der Waals surface area contributed by atoms with Crippen molar-refractivity contribution in [1.82, 2.24) is 5.32 Å². The molecule has 5 heteroatoms. The van der Waals surface area contributed by atoms with Gasteiger partial charge >= 0.3 is 5.97 Å². The van der Waals surface area contributed by atoms with Crippen LogP contribution in [0.4, 0.5) is 5.69 Å². The molecule has 0 aliphatic heterocycles. The lowest BCUT2D eigenvalue weighted by Gasteiger charge is -2.17. The summed E-state index contributed by atoms with van der Waals surface area (Å²) >= 11 is 0. The van der Waals surface area contributed by atoms with Crippen LogP contribution < -0.4 is 15.8 Å². The van der Waals surface area contributed by atoms with E-state index in [0.29, 0.717) is 11.4 Å². The topological polar surface area (TPSA) is 84.6 Å². The molecule has 0 radical (unpaired) electrons. The van der Waals surface area contributed by atoms with Crippen LogP contribution in [-0.4, -0.2) is 30.8 Å². The zero-order chi connectivity index (χ0) is 15.2. The average Bonchev–Trinajstić information content (AvgIpc) is 2.49. The molecule has 0 fully saturated rings. The van der Waals surface area contributed by atoms with Crippen LogP contribution in [0, 0.1) is 0 Å². The molecule has 0 amide bonds. The van der Waals surface area contributed by atoms with Crippen LogP contribution in [0.25, 0.3) is 11.1 Å². The SMILES string of the molecule is CN[C@@H](COc1c(N)cccc1-c1ccccc1)C(=O)O. The van der Waals surface area contributed by atoms with E-state index in [1.807, 2.05) is 42.5 Å². The fourth-order valence-corrected chi connectivity index (χ4v) is 2.01. The van der Waals surface area contributed by atoms with Crippen LogP contribution >= 0.6 is 0 Å². The normalized spacial score (nSPS) is 11.9. The lowest BCUT2D eigenvalue weighted by atomic mass is 10.0. The number of aliphatic carboxylic acids is 1. The van der Waals surface area contributed by atoms with E-state index in [1.165, 1.54) is 0 Å². The molecule has 2 aromatic rings. The van der Waals surface area contributed by atoms with E-state index in [2.05, 4.69) is 5.32 Å². The van der Waals surface area contributed by atoms with Gasteiger partial charge in [0.2, 0.25) is 0 Å². The van der Waals surface area contributed by atoms with Crippen LogP contribution in [0.15, 0.2) is 48.5 Å². The Balaban J connectivity index is 2.29. The van der Waals surface area contributed by atoms with Gasteiger partial charge in [-0.05, 0) is 18.7 Å². The number of nitrogens with two attached hydrogens (primary N) is 1. The first kappa shape index (κ1) is 14.9. The van der Waals surface area contributed by atoms with Crippen molar-refractivity contribution in [2.75, 3.05) is 19.4 Å². The molecule has 2 aromatic carbocycles. The van der Waals surface area contributed by atoms with Crippen LogP contribution in [0.1, 0.15) is 0 Å². The minimum atomic E-state index is -0.965. The molecule has 1 atom stereocenters. The molecular formula is C16H18N2O3. The molecule has 0 aliphatic rings. The van der Waals surface area contributed by atoms with Gasteiger partial charge in [-0.2, -0.15) is 0 Å². The lowest BCUT2D eigenvalue weighted by molar-refractivity contribution is -0.140. The van der Waals surface area contributed by atoms with E-state index >= 15 is 0 Å². The zero-order valence-electron chi connectivity index (χ0n) is 11.7. The Kier molecular flexibility index (Phi) is 4.79. The molecule has 21 heavy (non-hydrogen) atoms. The molecule has 0 aliphatic carbocycles. The molecule has 0 saturated heterocycles. The molecule has 0 unspecified atom stereocenters. The van der Waals surface area contributed by atoms with Crippen molar-refractivity contribution in [3.63, 3.8) is 0 Å². The summed E-state index contributed by atoms with van der Waals surface area (Å²) in [4.78, 5) is 11.0. The first-order valence-electron chi connectivity index (χ1n) is 6.60. The molecule has 0 heterocycles. The predicted molar refractivity (Wildman–Crippen MR) is 82.3 cm³/mol. The number of carbonyl (C=O) groups is 1. The van der Waals surface area contributed by atoms with E-state index in [9.17, 15) is 4.79 Å². The second kappa shape index (κ2) is 6.76. The third kappa shape index (κ3) is 3.52. The van der Waals surface area contributed by atoms with Crippen molar-refractivity contribution >= 4 is 11.7 Å². The lowest BCUT2D eigenvalue weighted by Crippen LogP contribution is -2.39. The van der Waals surface area contributed by atoms with E-state index in [0.717, 1.165) is 11.1 Å². The average molecular weight is 286 g/mol. The van der Waals surface area contributed by atoms with Gasteiger partial charge < -0.3 is 20.9 Å². The first-order chi connectivity index (χ1) is 10.1. The summed E-state index contributed by atoms with van der Waals surface area (Å²) < 4.78 is 5.67. The number of rotatable bonds is 6. The Morgan fingerprint density at radius 2 is 1.95 bits per heavy atom. The monoisotopic (exact) mass is 286 g/mol. The number of nitrogen functional groups attached to an aromatic ring is 1. The number of anilines is 1. The number of carboxylic acids is 1. The summed E-state index contributed by atoms with van der Waals surface area (Å²) in [7, 11) is 1.58. The standard InChI is InChI=1S/C16H18N2O3/c1-18-14(16(19)20)10-21-15-12(8-5-9-13(15)17)11-6-3-2-4-7-11/h2-9,14,18H,10,17H2,1H3,(H,19,20)/t14-/m0/s1. The summed E-state index contributed by atoms with van der Waals surface area (Å²) in [5.74, 6) is -0.460.